The van der Waals surface area contributed by atoms with Crippen LogP contribution in [0.5, 0.6) is 5.75 Å². The summed E-state index contributed by atoms with van der Waals surface area (Å²) in [6.45, 7) is 3.88. The van der Waals surface area contributed by atoms with E-state index in [1.54, 1.807) is 50.2 Å². The lowest BCUT2D eigenvalue weighted by Crippen LogP contribution is -2.45. The van der Waals surface area contributed by atoms with Gasteiger partial charge in [-0.25, -0.2) is 14.0 Å². The van der Waals surface area contributed by atoms with Crippen molar-refractivity contribution in [3.8, 4) is 5.75 Å². The Kier molecular flexibility index (Phi) is 5.93. The van der Waals surface area contributed by atoms with E-state index in [0.717, 1.165) is 5.56 Å². The molecule has 0 aliphatic carbocycles. The number of urea groups is 1. The first-order chi connectivity index (χ1) is 13.5. The van der Waals surface area contributed by atoms with Crippen LogP contribution in [0.2, 0.25) is 0 Å². The molecule has 2 aromatic carbocycles. The van der Waals surface area contributed by atoms with E-state index >= 15 is 0 Å². The Morgan fingerprint density at radius 3 is 2.64 bits per heavy atom. The van der Waals surface area contributed by atoms with Gasteiger partial charge in [0.15, 0.2) is 0 Å². The van der Waals surface area contributed by atoms with Crippen molar-refractivity contribution in [2.75, 3.05) is 6.61 Å². The summed E-state index contributed by atoms with van der Waals surface area (Å²) in [5.41, 5.74) is 2.31. The van der Waals surface area contributed by atoms with Gasteiger partial charge in [0.1, 0.15) is 18.2 Å². The Morgan fingerprint density at radius 1 is 1.18 bits per heavy atom. The smallest absolute Gasteiger partial charge is 0.338 e. The predicted molar refractivity (Wildman–Crippen MR) is 101 cm³/mol. The second-order valence-corrected chi connectivity index (χ2v) is 6.28. The molecule has 6 nitrogen and oxygen atoms in total. The normalized spacial score (nSPS) is 16.2. The highest BCUT2D eigenvalue weighted by molar-refractivity contribution is 5.95. The highest BCUT2D eigenvalue weighted by atomic mass is 19.1. The molecule has 2 N–H and O–H groups in total. The van der Waals surface area contributed by atoms with Gasteiger partial charge in [-0.1, -0.05) is 24.3 Å². The SMILES string of the molecule is CCOC(=O)C1=C(C)NC(=O)N[C@H]1c1cccc(OCc2ccc(F)cc2)c1. The topological polar surface area (TPSA) is 76.7 Å². The Hall–Kier alpha value is -3.35. The van der Waals surface area contributed by atoms with Crippen LogP contribution in [0, 0.1) is 5.82 Å². The van der Waals surface area contributed by atoms with E-state index in [1.807, 2.05) is 0 Å². The van der Waals surface area contributed by atoms with E-state index in [4.69, 9.17) is 9.47 Å². The molecule has 2 amide bonds. The van der Waals surface area contributed by atoms with Crippen molar-refractivity contribution >= 4 is 12.0 Å². The van der Waals surface area contributed by atoms with Gasteiger partial charge in [-0.3, -0.25) is 0 Å². The highest BCUT2D eigenvalue weighted by Crippen LogP contribution is 2.29. The molecule has 146 valence electrons. The third kappa shape index (κ3) is 4.49. The number of hydrogen-bond donors (Lipinski definition) is 2. The molecule has 28 heavy (non-hydrogen) atoms. The average Bonchev–Trinajstić information content (AvgIpc) is 2.67. The Labute approximate surface area is 162 Å². The molecule has 0 bridgehead atoms. The monoisotopic (exact) mass is 384 g/mol. The maximum Gasteiger partial charge on any atom is 0.338 e. The minimum Gasteiger partial charge on any atom is -0.489 e. The summed E-state index contributed by atoms with van der Waals surface area (Å²) >= 11 is 0. The standard InChI is InChI=1S/C21H21FN2O4/c1-3-27-20(25)18-13(2)23-21(26)24-19(18)15-5-4-6-17(11-15)28-12-14-7-9-16(22)10-8-14/h4-11,19H,3,12H2,1-2H3,(H2,23,24,26)/t19-/m0/s1. The fourth-order valence-electron chi connectivity index (χ4n) is 2.95. The number of allylic oxidation sites excluding steroid dienone is 1. The maximum absolute atomic E-state index is 13.0. The summed E-state index contributed by atoms with van der Waals surface area (Å²) in [6.07, 6.45) is 0. The van der Waals surface area contributed by atoms with Crippen molar-refractivity contribution in [2.24, 2.45) is 0 Å². The van der Waals surface area contributed by atoms with E-state index in [9.17, 15) is 14.0 Å². The lowest BCUT2D eigenvalue weighted by molar-refractivity contribution is -0.139. The van der Waals surface area contributed by atoms with E-state index in [2.05, 4.69) is 10.6 Å². The molecule has 1 aliphatic rings. The molecule has 1 aliphatic heterocycles. The van der Waals surface area contributed by atoms with E-state index in [1.165, 1.54) is 12.1 Å². The highest BCUT2D eigenvalue weighted by Gasteiger charge is 2.32. The average molecular weight is 384 g/mol. The minimum absolute atomic E-state index is 0.233. The molecule has 1 heterocycles. The first-order valence-electron chi connectivity index (χ1n) is 8.90. The molecule has 1 atom stereocenters. The van der Waals surface area contributed by atoms with E-state index in [-0.39, 0.29) is 19.0 Å². The second kappa shape index (κ2) is 8.56. The maximum atomic E-state index is 13.0. The molecule has 0 fully saturated rings. The van der Waals surface area contributed by atoms with Gasteiger partial charge in [-0.2, -0.15) is 0 Å². The molecule has 0 saturated heterocycles. The zero-order valence-electron chi connectivity index (χ0n) is 15.6. The Morgan fingerprint density at radius 2 is 1.93 bits per heavy atom. The molecular formula is C21H21FN2O4. The molecule has 0 spiro atoms. The number of ether oxygens (including phenoxy) is 2. The molecule has 7 heteroatoms. The lowest BCUT2D eigenvalue weighted by atomic mass is 9.95. The van der Waals surface area contributed by atoms with Crippen LogP contribution in [-0.4, -0.2) is 18.6 Å². The van der Waals surface area contributed by atoms with Gasteiger partial charge >= 0.3 is 12.0 Å². The summed E-state index contributed by atoms with van der Waals surface area (Å²) in [7, 11) is 0. The summed E-state index contributed by atoms with van der Waals surface area (Å²) < 4.78 is 23.9. The van der Waals surface area contributed by atoms with Gasteiger partial charge in [0.25, 0.3) is 0 Å². The van der Waals surface area contributed by atoms with Crippen molar-refractivity contribution in [1.29, 1.82) is 0 Å². The van der Waals surface area contributed by atoms with Gasteiger partial charge in [0.2, 0.25) is 0 Å². The van der Waals surface area contributed by atoms with Gasteiger partial charge in [0, 0.05) is 5.70 Å². The van der Waals surface area contributed by atoms with Gasteiger partial charge < -0.3 is 20.1 Å². The quantitative estimate of drug-likeness (QED) is 0.746. The largest absolute Gasteiger partial charge is 0.489 e. The van der Waals surface area contributed by atoms with Gasteiger partial charge in [0.05, 0.1) is 18.2 Å². The zero-order valence-corrected chi connectivity index (χ0v) is 15.6. The van der Waals surface area contributed by atoms with Gasteiger partial charge in [-0.15, -0.1) is 0 Å². The number of carbonyl (C=O) groups is 2. The van der Waals surface area contributed by atoms with Crippen molar-refractivity contribution in [1.82, 2.24) is 10.6 Å². The third-order valence-electron chi connectivity index (χ3n) is 4.27. The molecule has 0 saturated carbocycles. The number of benzene rings is 2. The number of halogens is 1. The number of hydrogen-bond acceptors (Lipinski definition) is 4. The van der Waals surface area contributed by atoms with Crippen molar-refractivity contribution in [3.63, 3.8) is 0 Å². The van der Waals surface area contributed by atoms with Crippen LogP contribution in [0.4, 0.5) is 9.18 Å². The predicted octanol–water partition coefficient (Wildman–Crippen LogP) is 3.60. The van der Waals surface area contributed by atoms with E-state index < -0.39 is 18.0 Å². The van der Waals surface area contributed by atoms with Crippen LogP contribution in [0.3, 0.4) is 0 Å². The summed E-state index contributed by atoms with van der Waals surface area (Å²) in [4.78, 5) is 24.3. The van der Waals surface area contributed by atoms with Crippen LogP contribution in [0.25, 0.3) is 0 Å². The number of nitrogens with one attached hydrogen (secondary N) is 2. The Balaban J connectivity index is 1.82. The van der Waals surface area contributed by atoms with Crippen LogP contribution in [-0.2, 0) is 16.1 Å². The van der Waals surface area contributed by atoms with Crippen molar-refractivity contribution < 1.29 is 23.5 Å². The minimum atomic E-state index is -0.651. The number of rotatable bonds is 6. The van der Waals surface area contributed by atoms with Crippen LogP contribution in [0.15, 0.2) is 59.8 Å². The van der Waals surface area contributed by atoms with Crippen molar-refractivity contribution in [2.45, 2.75) is 26.5 Å². The van der Waals surface area contributed by atoms with Crippen LogP contribution >= 0.6 is 0 Å². The molecular weight excluding hydrogens is 363 g/mol. The van der Waals surface area contributed by atoms with Crippen LogP contribution in [0.1, 0.15) is 31.0 Å². The first-order valence-corrected chi connectivity index (χ1v) is 8.90. The fourth-order valence-corrected chi connectivity index (χ4v) is 2.95. The first kappa shape index (κ1) is 19.4. The molecule has 2 aromatic rings. The molecule has 0 radical (unpaired) electrons. The third-order valence-corrected chi connectivity index (χ3v) is 4.27. The fraction of sp³-hybridized carbons (Fsp3) is 0.238. The Bertz CT molecular complexity index is 909. The lowest BCUT2D eigenvalue weighted by Gasteiger charge is -2.28. The van der Waals surface area contributed by atoms with Crippen LogP contribution < -0.4 is 15.4 Å². The van der Waals surface area contributed by atoms with Crippen molar-refractivity contribution in [3.05, 3.63) is 76.7 Å². The molecule has 0 unspecified atom stereocenters. The summed E-state index contributed by atoms with van der Waals surface area (Å²) in [5, 5.41) is 5.35. The van der Waals surface area contributed by atoms with E-state index in [0.29, 0.717) is 22.6 Å². The summed E-state index contributed by atoms with van der Waals surface area (Å²) in [5.74, 6) is -0.230. The molecule has 3 rings (SSSR count). The van der Waals surface area contributed by atoms with Gasteiger partial charge in [-0.05, 0) is 49.2 Å². The summed E-state index contributed by atoms with van der Waals surface area (Å²) in [6, 6.07) is 12.1. The molecule has 0 aromatic heterocycles. The zero-order chi connectivity index (χ0) is 20.1. The second-order valence-electron chi connectivity index (χ2n) is 6.28. The number of esters is 1. The number of carbonyl (C=O) groups excluding carboxylic acids is 2. The number of amides is 2.